The fraction of sp³-hybridized carbons (Fsp3) is 0.419. The van der Waals surface area contributed by atoms with Gasteiger partial charge in [-0.05, 0) is 64.4 Å². The van der Waals surface area contributed by atoms with E-state index in [0.29, 0.717) is 61.2 Å². The number of benzene rings is 1. The van der Waals surface area contributed by atoms with Crippen LogP contribution >= 0.6 is 0 Å². The maximum atomic E-state index is 13.4. The Morgan fingerprint density at radius 3 is 2.23 bits per heavy atom. The van der Waals surface area contributed by atoms with Crippen LogP contribution in [0.5, 0.6) is 0 Å². The zero-order valence-electron chi connectivity index (χ0n) is 26.2. The number of imidazole rings is 1. The lowest BCUT2D eigenvalue weighted by Crippen LogP contribution is -2.44. The highest BCUT2D eigenvalue weighted by molar-refractivity contribution is 5.95. The second-order valence-corrected chi connectivity index (χ2v) is 10.2. The van der Waals surface area contributed by atoms with Crippen LogP contribution in [0.1, 0.15) is 40.2 Å². The highest BCUT2D eigenvalue weighted by atomic mass is 16.4. The van der Waals surface area contributed by atoms with Crippen molar-refractivity contribution in [1.82, 2.24) is 29.0 Å². The molecule has 0 bridgehead atoms. The number of carboxylic acid groups (broad SMARTS) is 1. The first-order chi connectivity index (χ1) is 21.2. The molecule has 1 unspecified atom stereocenters. The monoisotopic (exact) mass is 603 g/mol. The molecule has 0 aliphatic rings. The summed E-state index contributed by atoms with van der Waals surface area (Å²) < 4.78 is 3.07. The second-order valence-electron chi connectivity index (χ2n) is 10.2. The van der Waals surface area contributed by atoms with E-state index in [4.69, 9.17) is 4.98 Å². The van der Waals surface area contributed by atoms with Gasteiger partial charge in [-0.3, -0.25) is 9.47 Å². The summed E-state index contributed by atoms with van der Waals surface area (Å²) in [6.07, 6.45) is 3.34. The summed E-state index contributed by atoms with van der Waals surface area (Å²) >= 11 is 0. The van der Waals surface area contributed by atoms with E-state index >= 15 is 0 Å². The van der Waals surface area contributed by atoms with Crippen LogP contribution in [-0.2, 0) is 18.3 Å². The highest BCUT2D eigenvalue weighted by Gasteiger charge is 2.27. The molecule has 2 N–H and O–H groups in total. The zero-order chi connectivity index (χ0) is 32.0. The number of hydrogen-bond acceptors (Lipinski definition) is 8. The first-order valence-corrected chi connectivity index (χ1v) is 15.0. The number of nitrogens with one attached hydrogen (secondary N) is 1. The third kappa shape index (κ3) is 6.36. The Hall–Kier alpha value is -4.94. The van der Waals surface area contributed by atoms with Gasteiger partial charge in [0.2, 0.25) is 5.95 Å². The quantitative estimate of drug-likeness (QED) is 0.234. The van der Waals surface area contributed by atoms with Gasteiger partial charge in [-0.25, -0.2) is 28.9 Å². The van der Waals surface area contributed by atoms with Crippen LogP contribution in [0.4, 0.5) is 22.2 Å². The van der Waals surface area contributed by atoms with Gasteiger partial charge < -0.3 is 20.2 Å². The Labute approximate surface area is 256 Å². The van der Waals surface area contributed by atoms with Gasteiger partial charge in [-0.15, -0.1) is 0 Å². The predicted molar refractivity (Wildman–Crippen MR) is 172 cm³/mol. The molecule has 0 radical (unpaired) electrons. The summed E-state index contributed by atoms with van der Waals surface area (Å²) in [5.74, 6) is -0.368. The number of aromatic nitrogens is 5. The van der Waals surface area contributed by atoms with Crippen LogP contribution in [0, 0.1) is 0 Å². The normalized spacial score (nSPS) is 11.8. The highest BCUT2D eigenvalue weighted by Crippen LogP contribution is 2.28. The molecule has 0 aliphatic heterocycles. The number of urea groups is 1. The largest absolute Gasteiger partial charge is 0.480 e. The van der Waals surface area contributed by atoms with Crippen molar-refractivity contribution in [2.24, 2.45) is 7.05 Å². The summed E-state index contributed by atoms with van der Waals surface area (Å²) in [5.41, 5.74) is 2.79. The van der Waals surface area contributed by atoms with E-state index in [1.54, 1.807) is 59.6 Å². The topological polar surface area (TPSA) is 142 Å². The number of carboxylic acids is 1. The number of pyridine rings is 1. The predicted octanol–water partition coefficient (Wildman–Crippen LogP) is 3.76. The molecule has 13 nitrogen and oxygen atoms in total. The smallest absolute Gasteiger partial charge is 0.334 e. The molecule has 4 rings (SSSR count). The lowest BCUT2D eigenvalue weighted by Gasteiger charge is -2.30. The molecular formula is C31H41N9O4. The Morgan fingerprint density at radius 1 is 0.955 bits per heavy atom. The molecule has 0 saturated heterocycles. The van der Waals surface area contributed by atoms with Gasteiger partial charge in [0, 0.05) is 52.4 Å². The minimum absolute atomic E-state index is 0.123. The Kier molecular flexibility index (Phi) is 10.2. The van der Waals surface area contributed by atoms with E-state index < -0.39 is 12.0 Å². The third-order valence-corrected chi connectivity index (χ3v) is 7.74. The molecule has 0 spiro atoms. The van der Waals surface area contributed by atoms with Crippen molar-refractivity contribution in [3.63, 3.8) is 0 Å². The lowest BCUT2D eigenvalue weighted by molar-refractivity contribution is -0.137. The number of amides is 2. The van der Waals surface area contributed by atoms with Crippen molar-refractivity contribution in [3.8, 4) is 5.69 Å². The molecule has 2 amide bonds. The number of aliphatic carboxylic acids is 1. The van der Waals surface area contributed by atoms with E-state index in [-0.39, 0.29) is 24.0 Å². The number of hydrogen-bond donors (Lipinski definition) is 2. The minimum atomic E-state index is -1.07. The van der Waals surface area contributed by atoms with Crippen LogP contribution in [0.15, 0.2) is 53.6 Å². The number of nitrogens with zero attached hydrogens (tertiary/aromatic N) is 8. The van der Waals surface area contributed by atoms with Crippen molar-refractivity contribution in [3.05, 3.63) is 64.8 Å². The molecule has 0 aliphatic carbocycles. The number of aryl methyl sites for hydroxylation is 1. The molecule has 13 heteroatoms. The number of rotatable bonds is 13. The molecule has 3 heterocycles. The molecule has 0 saturated carbocycles. The van der Waals surface area contributed by atoms with Crippen LogP contribution in [0.2, 0.25) is 0 Å². The van der Waals surface area contributed by atoms with Gasteiger partial charge in [-0.1, -0.05) is 12.1 Å². The van der Waals surface area contributed by atoms with E-state index in [1.165, 1.54) is 9.13 Å². The van der Waals surface area contributed by atoms with E-state index in [9.17, 15) is 19.5 Å². The average molecular weight is 604 g/mol. The third-order valence-electron chi connectivity index (χ3n) is 7.74. The minimum Gasteiger partial charge on any atom is -0.480 e. The summed E-state index contributed by atoms with van der Waals surface area (Å²) in [7, 11) is 1.70. The van der Waals surface area contributed by atoms with Crippen LogP contribution < -0.4 is 20.8 Å². The number of anilines is 3. The molecule has 0 fully saturated rings. The Balaban J connectivity index is 1.68. The van der Waals surface area contributed by atoms with E-state index in [0.717, 1.165) is 5.56 Å². The molecule has 4 aromatic rings. The van der Waals surface area contributed by atoms with Gasteiger partial charge in [-0.2, -0.15) is 4.98 Å². The molecule has 44 heavy (non-hydrogen) atoms. The van der Waals surface area contributed by atoms with Crippen molar-refractivity contribution in [1.29, 1.82) is 0 Å². The van der Waals surface area contributed by atoms with Gasteiger partial charge in [0.15, 0.2) is 11.5 Å². The van der Waals surface area contributed by atoms with Gasteiger partial charge in [0.05, 0.1) is 17.4 Å². The summed E-state index contributed by atoms with van der Waals surface area (Å²) in [6.45, 7) is 12.4. The molecule has 3 aromatic heterocycles. The van der Waals surface area contributed by atoms with Crippen LogP contribution in [0.25, 0.3) is 16.9 Å². The number of carbonyl (C=O) groups is 2. The maximum absolute atomic E-state index is 13.4. The zero-order valence-corrected chi connectivity index (χ0v) is 26.2. The summed E-state index contributed by atoms with van der Waals surface area (Å²) in [6, 6.07) is 9.49. The van der Waals surface area contributed by atoms with Crippen molar-refractivity contribution >= 4 is 40.6 Å². The molecule has 1 atom stereocenters. The van der Waals surface area contributed by atoms with E-state index in [2.05, 4.69) is 15.3 Å². The molecule has 234 valence electrons. The van der Waals surface area contributed by atoms with Crippen molar-refractivity contribution in [2.45, 2.75) is 47.1 Å². The molecule has 1 aromatic carbocycles. The van der Waals surface area contributed by atoms with E-state index in [1.807, 2.05) is 45.6 Å². The maximum Gasteiger partial charge on any atom is 0.334 e. The average Bonchev–Trinajstić information content (AvgIpc) is 3.29. The SMILES string of the molecule is CCN(CC)C(=O)N(CC)c1cnc(N(CC)CC)nc1NC(Cc1ccc(-n2c(=O)n(C)c3cccnc32)cc1)C(=O)O. The summed E-state index contributed by atoms with van der Waals surface area (Å²) in [5, 5.41) is 13.4. The number of carbonyl (C=O) groups excluding carboxylic acids is 1. The van der Waals surface area contributed by atoms with Gasteiger partial charge >= 0.3 is 17.7 Å². The second kappa shape index (κ2) is 14.0. The summed E-state index contributed by atoms with van der Waals surface area (Å²) in [4.78, 5) is 57.7. The van der Waals surface area contributed by atoms with Crippen molar-refractivity contribution in [2.75, 3.05) is 47.8 Å². The van der Waals surface area contributed by atoms with Gasteiger partial charge in [0.1, 0.15) is 11.7 Å². The Bertz CT molecular complexity index is 1660. The molecular weight excluding hydrogens is 562 g/mol. The van der Waals surface area contributed by atoms with Crippen LogP contribution in [0.3, 0.4) is 0 Å². The first-order valence-electron chi connectivity index (χ1n) is 15.0. The fourth-order valence-electron chi connectivity index (χ4n) is 5.18. The standard InChI is InChI=1S/C31H41N9O4/c1-7-37(8-2)29-33-20-25(39(11-5)31(44)38(9-3)10-4)26(35-29)34-23(28(41)42)19-21-14-16-22(17-15-21)40-27-24(13-12-18-32-27)36(6)30(40)43/h12-18,20,23H,7-11,19H2,1-6H3,(H,41,42)(H,33,34,35). The van der Waals surface area contributed by atoms with Gasteiger partial charge in [0.25, 0.3) is 0 Å². The van der Waals surface area contributed by atoms with Crippen molar-refractivity contribution < 1.29 is 14.7 Å². The number of fused-ring (bicyclic) bond motifs is 1. The fourth-order valence-corrected chi connectivity index (χ4v) is 5.18. The van der Waals surface area contributed by atoms with Crippen LogP contribution in [-0.4, -0.2) is 84.9 Å². The lowest BCUT2D eigenvalue weighted by atomic mass is 10.1. The first kappa shape index (κ1) is 32.0. The Morgan fingerprint density at radius 2 is 1.64 bits per heavy atom.